The van der Waals surface area contributed by atoms with E-state index in [9.17, 15) is 14.4 Å². The van der Waals surface area contributed by atoms with E-state index in [0.717, 1.165) is 32.5 Å². The Kier molecular flexibility index (Phi) is 6.32. The molecule has 7 heteroatoms. The van der Waals surface area contributed by atoms with Gasteiger partial charge in [0.15, 0.2) is 0 Å². The van der Waals surface area contributed by atoms with Crippen LogP contribution >= 0.6 is 0 Å². The molecule has 3 aliphatic heterocycles. The van der Waals surface area contributed by atoms with E-state index in [1.165, 1.54) is 5.56 Å². The summed E-state index contributed by atoms with van der Waals surface area (Å²) in [6.07, 6.45) is 2.95. The minimum atomic E-state index is -0.606. The summed E-state index contributed by atoms with van der Waals surface area (Å²) in [5.74, 6) is -0.156. The molecule has 3 fully saturated rings. The summed E-state index contributed by atoms with van der Waals surface area (Å²) < 4.78 is 0. The number of hydrogen-bond donors (Lipinski definition) is 2. The second-order valence-corrected chi connectivity index (χ2v) is 9.72. The van der Waals surface area contributed by atoms with Crippen molar-refractivity contribution in [2.45, 2.75) is 58.2 Å². The van der Waals surface area contributed by atoms with Crippen molar-refractivity contribution in [1.82, 2.24) is 20.4 Å². The predicted molar refractivity (Wildman–Crippen MR) is 118 cm³/mol. The molecule has 3 saturated heterocycles. The Balaban J connectivity index is 1.26. The average Bonchev–Trinajstić information content (AvgIpc) is 3.34. The van der Waals surface area contributed by atoms with Crippen LogP contribution in [-0.4, -0.2) is 65.8 Å². The standard InChI is InChI=1S/C24H34N4O3/c1-17(2)22(30)28-13-10-24(16-28)14-20(26-23(24)31)21(29)25-19-8-11-27(12-9-19)15-18-6-4-3-5-7-18/h3-7,17,19-20H,8-16H2,1-2H3,(H,25,29)(H,26,31)/t20-,24+/m0/s1. The predicted octanol–water partition coefficient (Wildman–Crippen LogP) is 1.53. The van der Waals surface area contributed by atoms with Crippen molar-refractivity contribution in [2.24, 2.45) is 11.3 Å². The monoisotopic (exact) mass is 426 g/mol. The van der Waals surface area contributed by atoms with Gasteiger partial charge in [-0.1, -0.05) is 44.2 Å². The van der Waals surface area contributed by atoms with E-state index in [0.29, 0.717) is 25.9 Å². The van der Waals surface area contributed by atoms with Crippen molar-refractivity contribution in [3.8, 4) is 0 Å². The molecule has 0 unspecified atom stereocenters. The third-order valence-electron chi connectivity index (χ3n) is 7.04. The fourth-order valence-corrected chi connectivity index (χ4v) is 5.16. The van der Waals surface area contributed by atoms with E-state index in [2.05, 4.69) is 39.8 Å². The molecule has 2 atom stereocenters. The first-order valence-electron chi connectivity index (χ1n) is 11.5. The van der Waals surface area contributed by atoms with Gasteiger partial charge < -0.3 is 15.5 Å². The molecular weight excluding hydrogens is 392 g/mol. The van der Waals surface area contributed by atoms with Crippen LogP contribution in [0.25, 0.3) is 0 Å². The number of carbonyl (C=O) groups excluding carboxylic acids is 3. The summed E-state index contributed by atoms with van der Waals surface area (Å²) in [4.78, 5) is 42.1. The lowest BCUT2D eigenvalue weighted by Gasteiger charge is -2.32. The minimum absolute atomic E-state index is 0.0773. The van der Waals surface area contributed by atoms with Crippen molar-refractivity contribution in [3.05, 3.63) is 35.9 Å². The van der Waals surface area contributed by atoms with Gasteiger partial charge in [0.1, 0.15) is 6.04 Å². The van der Waals surface area contributed by atoms with Crippen molar-refractivity contribution in [2.75, 3.05) is 26.2 Å². The van der Waals surface area contributed by atoms with Gasteiger partial charge in [0.05, 0.1) is 5.41 Å². The summed E-state index contributed by atoms with van der Waals surface area (Å²) >= 11 is 0. The first-order valence-corrected chi connectivity index (χ1v) is 11.5. The zero-order valence-corrected chi connectivity index (χ0v) is 18.6. The molecule has 0 aromatic heterocycles. The summed E-state index contributed by atoms with van der Waals surface area (Å²) in [5, 5.41) is 6.07. The fraction of sp³-hybridized carbons (Fsp3) is 0.625. The molecule has 2 N–H and O–H groups in total. The van der Waals surface area contributed by atoms with Gasteiger partial charge in [0.25, 0.3) is 0 Å². The molecule has 31 heavy (non-hydrogen) atoms. The van der Waals surface area contributed by atoms with E-state index in [1.807, 2.05) is 19.9 Å². The average molecular weight is 427 g/mol. The van der Waals surface area contributed by atoms with E-state index in [4.69, 9.17) is 0 Å². The number of carbonyl (C=O) groups is 3. The Morgan fingerprint density at radius 1 is 1.16 bits per heavy atom. The number of likely N-dealkylation sites (tertiary alicyclic amines) is 2. The van der Waals surface area contributed by atoms with Gasteiger partial charge in [0, 0.05) is 44.7 Å². The molecule has 0 bridgehead atoms. The molecule has 3 aliphatic rings. The molecule has 3 amide bonds. The third kappa shape index (κ3) is 4.76. The quantitative estimate of drug-likeness (QED) is 0.748. The molecule has 7 nitrogen and oxygen atoms in total. The van der Waals surface area contributed by atoms with E-state index in [-0.39, 0.29) is 29.7 Å². The molecule has 0 radical (unpaired) electrons. The summed E-state index contributed by atoms with van der Waals surface area (Å²) in [7, 11) is 0. The van der Waals surface area contributed by atoms with Crippen LogP contribution < -0.4 is 10.6 Å². The van der Waals surface area contributed by atoms with Crippen LogP contribution in [0.5, 0.6) is 0 Å². The van der Waals surface area contributed by atoms with Crippen LogP contribution in [0.1, 0.15) is 45.1 Å². The van der Waals surface area contributed by atoms with Crippen molar-refractivity contribution in [3.63, 3.8) is 0 Å². The maximum absolute atomic E-state index is 12.9. The topological polar surface area (TPSA) is 81.8 Å². The molecule has 0 saturated carbocycles. The van der Waals surface area contributed by atoms with Crippen LogP contribution in [0.3, 0.4) is 0 Å². The van der Waals surface area contributed by atoms with E-state index >= 15 is 0 Å². The maximum atomic E-state index is 12.9. The van der Waals surface area contributed by atoms with Gasteiger partial charge in [-0.25, -0.2) is 0 Å². The molecule has 3 heterocycles. The summed E-state index contributed by atoms with van der Waals surface area (Å²) in [6.45, 7) is 7.62. The summed E-state index contributed by atoms with van der Waals surface area (Å²) in [5.41, 5.74) is 0.705. The number of nitrogens with one attached hydrogen (secondary N) is 2. The van der Waals surface area contributed by atoms with Gasteiger partial charge in [-0.2, -0.15) is 0 Å². The third-order valence-corrected chi connectivity index (χ3v) is 7.04. The van der Waals surface area contributed by atoms with Crippen LogP contribution in [0, 0.1) is 11.3 Å². The lowest BCUT2D eigenvalue weighted by molar-refractivity contribution is -0.134. The molecule has 0 aliphatic carbocycles. The molecule has 1 aromatic carbocycles. The highest BCUT2D eigenvalue weighted by molar-refractivity contribution is 5.95. The SMILES string of the molecule is CC(C)C(=O)N1CC[C@@]2(C[C@@H](C(=O)NC3CCN(Cc4ccccc4)CC3)NC2=O)C1. The fourth-order valence-electron chi connectivity index (χ4n) is 5.16. The van der Waals surface area contributed by atoms with Crippen LogP contribution in [0.2, 0.25) is 0 Å². The number of nitrogens with zero attached hydrogens (tertiary/aromatic N) is 2. The first-order chi connectivity index (χ1) is 14.9. The van der Waals surface area contributed by atoms with Crippen LogP contribution in [0.4, 0.5) is 0 Å². The lowest BCUT2D eigenvalue weighted by Crippen LogP contribution is -2.49. The van der Waals surface area contributed by atoms with Crippen LogP contribution in [0.15, 0.2) is 30.3 Å². The number of hydrogen-bond acceptors (Lipinski definition) is 4. The zero-order valence-electron chi connectivity index (χ0n) is 18.6. The second-order valence-electron chi connectivity index (χ2n) is 9.72. The Morgan fingerprint density at radius 3 is 2.55 bits per heavy atom. The Morgan fingerprint density at radius 2 is 1.87 bits per heavy atom. The van der Waals surface area contributed by atoms with Gasteiger partial charge in [-0.15, -0.1) is 0 Å². The number of piperidine rings is 1. The highest BCUT2D eigenvalue weighted by Crippen LogP contribution is 2.40. The Bertz CT molecular complexity index is 819. The number of amides is 3. The van der Waals surface area contributed by atoms with Gasteiger partial charge in [0.2, 0.25) is 17.7 Å². The van der Waals surface area contributed by atoms with Gasteiger partial charge in [-0.3, -0.25) is 19.3 Å². The molecule has 1 spiro atoms. The van der Waals surface area contributed by atoms with Crippen molar-refractivity contribution >= 4 is 17.7 Å². The highest BCUT2D eigenvalue weighted by Gasteiger charge is 2.53. The Hall–Kier alpha value is -2.41. The van der Waals surface area contributed by atoms with Gasteiger partial charge >= 0.3 is 0 Å². The minimum Gasteiger partial charge on any atom is -0.351 e. The molecular formula is C24H34N4O3. The van der Waals surface area contributed by atoms with Crippen molar-refractivity contribution in [1.29, 1.82) is 0 Å². The van der Waals surface area contributed by atoms with Crippen molar-refractivity contribution < 1.29 is 14.4 Å². The summed E-state index contributed by atoms with van der Waals surface area (Å²) in [6, 6.07) is 10.1. The zero-order chi connectivity index (χ0) is 22.0. The maximum Gasteiger partial charge on any atom is 0.242 e. The van der Waals surface area contributed by atoms with Gasteiger partial charge in [-0.05, 0) is 31.2 Å². The molecule has 168 valence electrons. The smallest absolute Gasteiger partial charge is 0.242 e. The normalized spacial score (nSPS) is 27.1. The first kappa shape index (κ1) is 21.8. The lowest BCUT2D eigenvalue weighted by atomic mass is 9.83. The molecule has 1 aromatic rings. The number of benzene rings is 1. The van der Waals surface area contributed by atoms with E-state index in [1.54, 1.807) is 4.90 Å². The van der Waals surface area contributed by atoms with E-state index < -0.39 is 11.5 Å². The number of rotatable bonds is 5. The van der Waals surface area contributed by atoms with Crippen LogP contribution in [-0.2, 0) is 20.9 Å². The second kappa shape index (κ2) is 8.99. The largest absolute Gasteiger partial charge is 0.351 e. The molecule has 4 rings (SSSR count). The highest BCUT2D eigenvalue weighted by atomic mass is 16.2. The Labute approximate surface area is 184 Å².